The molecular weight excluding hydrogens is 284 g/mol. The lowest BCUT2D eigenvalue weighted by atomic mass is 10.2. The van der Waals surface area contributed by atoms with E-state index in [9.17, 15) is 9.59 Å². The first-order valence-electron chi connectivity index (χ1n) is 7.39. The molecule has 0 saturated carbocycles. The summed E-state index contributed by atoms with van der Waals surface area (Å²) < 4.78 is 10.3. The minimum absolute atomic E-state index is 0.252. The number of amides is 2. The molecular formula is C16H24N2O4. The number of rotatable bonds is 8. The molecule has 1 aromatic carbocycles. The molecule has 0 unspecified atom stereocenters. The number of methoxy groups -OCH3 is 2. The van der Waals surface area contributed by atoms with Crippen LogP contribution in [-0.2, 0) is 16.1 Å². The van der Waals surface area contributed by atoms with Crippen LogP contribution in [0.15, 0.2) is 18.2 Å². The number of carbonyl (C=O) groups excluding carboxylic acids is 2. The fourth-order valence-corrected chi connectivity index (χ4v) is 1.91. The van der Waals surface area contributed by atoms with Crippen molar-refractivity contribution < 1.29 is 19.1 Å². The zero-order valence-corrected chi connectivity index (χ0v) is 13.4. The topological polar surface area (TPSA) is 76.7 Å². The molecule has 2 N–H and O–H groups in total. The lowest BCUT2D eigenvalue weighted by molar-refractivity contribution is -0.139. The van der Waals surface area contributed by atoms with Crippen LogP contribution in [0.4, 0.5) is 0 Å². The Labute approximate surface area is 131 Å². The Balaban J connectivity index is 2.45. The normalized spacial score (nSPS) is 9.95. The molecule has 0 atom stereocenters. The smallest absolute Gasteiger partial charge is 0.309 e. The van der Waals surface area contributed by atoms with Crippen molar-refractivity contribution in [3.8, 4) is 11.5 Å². The summed E-state index contributed by atoms with van der Waals surface area (Å²) in [4.78, 5) is 23.3. The first-order valence-corrected chi connectivity index (χ1v) is 7.39. The van der Waals surface area contributed by atoms with E-state index in [-0.39, 0.29) is 6.54 Å². The van der Waals surface area contributed by atoms with E-state index < -0.39 is 11.8 Å². The van der Waals surface area contributed by atoms with Gasteiger partial charge in [-0.25, -0.2) is 0 Å². The van der Waals surface area contributed by atoms with Gasteiger partial charge in [-0.15, -0.1) is 0 Å². The van der Waals surface area contributed by atoms with Crippen molar-refractivity contribution in [2.75, 3.05) is 20.8 Å². The fourth-order valence-electron chi connectivity index (χ4n) is 1.91. The Morgan fingerprint density at radius 3 is 2.32 bits per heavy atom. The third kappa shape index (κ3) is 5.63. The second-order valence-corrected chi connectivity index (χ2v) is 4.84. The average Bonchev–Trinajstić information content (AvgIpc) is 2.55. The van der Waals surface area contributed by atoms with E-state index in [4.69, 9.17) is 9.47 Å². The lowest BCUT2D eigenvalue weighted by Crippen LogP contribution is -2.39. The van der Waals surface area contributed by atoms with Gasteiger partial charge in [-0.3, -0.25) is 9.59 Å². The van der Waals surface area contributed by atoms with Gasteiger partial charge in [0.2, 0.25) is 0 Å². The molecule has 1 aromatic rings. The summed E-state index contributed by atoms with van der Waals surface area (Å²) in [7, 11) is 3.10. The van der Waals surface area contributed by atoms with Crippen molar-refractivity contribution in [3.05, 3.63) is 23.8 Å². The van der Waals surface area contributed by atoms with Crippen molar-refractivity contribution in [1.82, 2.24) is 10.6 Å². The largest absolute Gasteiger partial charge is 0.493 e. The molecule has 0 aliphatic carbocycles. The monoisotopic (exact) mass is 308 g/mol. The van der Waals surface area contributed by atoms with Crippen molar-refractivity contribution in [3.63, 3.8) is 0 Å². The summed E-state index contributed by atoms with van der Waals surface area (Å²) in [6.45, 7) is 2.86. The number of hydrogen-bond donors (Lipinski definition) is 2. The Morgan fingerprint density at radius 2 is 1.68 bits per heavy atom. The molecule has 1 rings (SSSR count). The Morgan fingerprint density at radius 1 is 1.00 bits per heavy atom. The van der Waals surface area contributed by atoms with Crippen LogP contribution in [0.2, 0.25) is 0 Å². The highest BCUT2D eigenvalue weighted by Crippen LogP contribution is 2.27. The molecule has 0 aromatic heterocycles. The predicted molar refractivity (Wildman–Crippen MR) is 83.9 cm³/mol. The van der Waals surface area contributed by atoms with Gasteiger partial charge in [0.05, 0.1) is 14.2 Å². The van der Waals surface area contributed by atoms with Crippen molar-refractivity contribution in [2.24, 2.45) is 0 Å². The zero-order valence-electron chi connectivity index (χ0n) is 13.4. The molecule has 2 amide bonds. The first kappa shape index (κ1) is 17.8. The van der Waals surface area contributed by atoms with E-state index >= 15 is 0 Å². The second-order valence-electron chi connectivity index (χ2n) is 4.84. The Kier molecular flexibility index (Phi) is 7.81. The van der Waals surface area contributed by atoms with E-state index in [0.29, 0.717) is 18.0 Å². The third-order valence-electron chi connectivity index (χ3n) is 3.17. The molecule has 122 valence electrons. The summed E-state index contributed by atoms with van der Waals surface area (Å²) >= 11 is 0. The number of ether oxygens (including phenoxy) is 2. The van der Waals surface area contributed by atoms with Crippen LogP contribution in [0.25, 0.3) is 0 Å². The minimum Gasteiger partial charge on any atom is -0.493 e. The predicted octanol–water partition coefficient (Wildman–Crippen LogP) is 1.63. The number of nitrogens with one attached hydrogen (secondary N) is 2. The van der Waals surface area contributed by atoms with Crippen LogP contribution in [0, 0.1) is 0 Å². The standard InChI is InChI=1S/C16H24N2O4/c1-4-5-6-9-17-15(19)16(20)18-11-12-7-8-13(21-2)14(10-12)22-3/h7-8,10H,4-6,9,11H2,1-3H3,(H,17,19)(H,18,20). The molecule has 6 heteroatoms. The molecule has 0 aliphatic heterocycles. The van der Waals surface area contributed by atoms with Crippen molar-refractivity contribution in [1.29, 1.82) is 0 Å². The van der Waals surface area contributed by atoms with Crippen LogP contribution in [0.5, 0.6) is 11.5 Å². The maximum atomic E-state index is 11.7. The van der Waals surface area contributed by atoms with Crippen LogP contribution in [0.3, 0.4) is 0 Å². The van der Waals surface area contributed by atoms with Gasteiger partial charge in [-0.05, 0) is 24.1 Å². The SMILES string of the molecule is CCCCCNC(=O)C(=O)NCc1ccc(OC)c(OC)c1. The number of hydrogen-bond acceptors (Lipinski definition) is 4. The zero-order chi connectivity index (χ0) is 16.4. The van der Waals surface area contributed by atoms with Gasteiger partial charge in [-0.2, -0.15) is 0 Å². The van der Waals surface area contributed by atoms with E-state index in [1.807, 2.05) is 0 Å². The maximum absolute atomic E-state index is 11.7. The van der Waals surface area contributed by atoms with Gasteiger partial charge in [0.25, 0.3) is 0 Å². The Bertz CT molecular complexity index is 503. The Hall–Kier alpha value is -2.24. The summed E-state index contributed by atoms with van der Waals surface area (Å²) in [6.07, 6.45) is 2.99. The van der Waals surface area contributed by atoms with Crippen molar-refractivity contribution in [2.45, 2.75) is 32.7 Å². The first-order chi connectivity index (χ1) is 10.6. The molecule has 0 spiro atoms. The van der Waals surface area contributed by atoms with Gasteiger partial charge in [0.1, 0.15) is 0 Å². The van der Waals surface area contributed by atoms with E-state index in [0.717, 1.165) is 24.8 Å². The summed E-state index contributed by atoms with van der Waals surface area (Å²) in [5.74, 6) is -0.0348. The average molecular weight is 308 g/mol. The number of carbonyl (C=O) groups is 2. The van der Waals surface area contributed by atoms with Crippen LogP contribution in [-0.4, -0.2) is 32.6 Å². The van der Waals surface area contributed by atoms with E-state index in [2.05, 4.69) is 17.6 Å². The van der Waals surface area contributed by atoms with Crippen LogP contribution in [0.1, 0.15) is 31.7 Å². The lowest BCUT2D eigenvalue weighted by Gasteiger charge is -2.10. The molecule has 0 bridgehead atoms. The minimum atomic E-state index is -0.633. The third-order valence-corrected chi connectivity index (χ3v) is 3.17. The molecule has 0 radical (unpaired) electrons. The van der Waals surface area contributed by atoms with E-state index in [1.54, 1.807) is 32.4 Å². The van der Waals surface area contributed by atoms with E-state index in [1.165, 1.54) is 0 Å². The fraction of sp³-hybridized carbons (Fsp3) is 0.500. The maximum Gasteiger partial charge on any atom is 0.309 e. The summed E-state index contributed by atoms with van der Waals surface area (Å²) in [5.41, 5.74) is 0.824. The quantitative estimate of drug-likeness (QED) is 0.565. The molecule has 6 nitrogen and oxygen atoms in total. The molecule has 0 fully saturated rings. The van der Waals surface area contributed by atoms with Crippen LogP contribution < -0.4 is 20.1 Å². The molecule has 22 heavy (non-hydrogen) atoms. The highest BCUT2D eigenvalue weighted by Gasteiger charge is 2.12. The van der Waals surface area contributed by atoms with Crippen LogP contribution >= 0.6 is 0 Å². The highest BCUT2D eigenvalue weighted by molar-refractivity contribution is 6.35. The molecule has 0 heterocycles. The summed E-state index contributed by atoms with van der Waals surface area (Å²) in [5, 5.41) is 5.18. The molecule has 0 saturated heterocycles. The van der Waals surface area contributed by atoms with Gasteiger partial charge >= 0.3 is 11.8 Å². The van der Waals surface area contributed by atoms with Gasteiger partial charge in [0, 0.05) is 13.1 Å². The van der Waals surface area contributed by atoms with Gasteiger partial charge < -0.3 is 20.1 Å². The number of benzene rings is 1. The highest BCUT2D eigenvalue weighted by atomic mass is 16.5. The number of unbranched alkanes of at least 4 members (excludes halogenated alkanes) is 2. The summed E-state index contributed by atoms with van der Waals surface area (Å²) in [6, 6.07) is 5.32. The van der Waals surface area contributed by atoms with Crippen molar-refractivity contribution >= 4 is 11.8 Å². The second kappa shape index (κ2) is 9.65. The van der Waals surface area contributed by atoms with Gasteiger partial charge in [0.15, 0.2) is 11.5 Å². The van der Waals surface area contributed by atoms with Gasteiger partial charge in [-0.1, -0.05) is 25.8 Å². The molecule has 0 aliphatic rings.